The van der Waals surface area contributed by atoms with Gasteiger partial charge in [-0.1, -0.05) is 18.2 Å². The standard InChI is InChI=1S/C12H9ClN4O4/c1-21-11(18)8-9(17(19)20)10(16-12(13)15-8)14-7-5-3-2-4-6-7/h2-6H,1H3,(H,14,15,16). The van der Waals surface area contributed by atoms with E-state index in [9.17, 15) is 14.9 Å². The highest BCUT2D eigenvalue weighted by molar-refractivity contribution is 6.28. The Balaban J connectivity index is 2.56. The number of nitro groups is 1. The first-order chi connectivity index (χ1) is 10.0. The Bertz CT molecular complexity index is 693. The average Bonchev–Trinajstić information content (AvgIpc) is 2.46. The highest BCUT2D eigenvalue weighted by Crippen LogP contribution is 2.30. The van der Waals surface area contributed by atoms with E-state index in [4.69, 9.17) is 11.6 Å². The number of halogens is 1. The van der Waals surface area contributed by atoms with Crippen LogP contribution in [0.4, 0.5) is 17.2 Å². The maximum atomic E-state index is 11.6. The zero-order valence-electron chi connectivity index (χ0n) is 10.7. The second-order valence-electron chi connectivity index (χ2n) is 3.78. The molecule has 1 heterocycles. The fourth-order valence-corrected chi connectivity index (χ4v) is 1.75. The molecule has 0 atom stereocenters. The Morgan fingerprint density at radius 3 is 2.57 bits per heavy atom. The van der Waals surface area contributed by atoms with E-state index in [2.05, 4.69) is 20.0 Å². The average molecular weight is 309 g/mol. The van der Waals surface area contributed by atoms with Crippen LogP contribution in [0.1, 0.15) is 10.5 Å². The summed E-state index contributed by atoms with van der Waals surface area (Å²) < 4.78 is 4.47. The summed E-state index contributed by atoms with van der Waals surface area (Å²) in [6.45, 7) is 0. The second kappa shape index (κ2) is 6.14. The summed E-state index contributed by atoms with van der Waals surface area (Å²) in [6, 6.07) is 8.61. The topological polar surface area (TPSA) is 107 Å². The van der Waals surface area contributed by atoms with Crippen molar-refractivity contribution < 1.29 is 14.5 Å². The summed E-state index contributed by atoms with van der Waals surface area (Å²) in [5.74, 6) is -1.16. The molecule has 0 radical (unpaired) electrons. The van der Waals surface area contributed by atoms with Crippen LogP contribution in [-0.4, -0.2) is 28.0 Å². The number of aromatic nitrogens is 2. The molecule has 2 rings (SSSR count). The van der Waals surface area contributed by atoms with Crippen LogP contribution in [0.2, 0.25) is 5.28 Å². The van der Waals surface area contributed by atoms with Crippen LogP contribution < -0.4 is 5.32 Å². The van der Waals surface area contributed by atoms with Crippen molar-refractivity contribution in [3.8, 4) is 0 Å². The van der Waals surface area contributed by atoms with E-state index in [-0.39, 0.29) is 11.1 Å². The molecule has 9 heteroatoms. The summed E-state index contributed by atoms with van der Waals surface area (Å²) in [6.07, 6.45) is 0. The van der Waals surface area contributed by atoms with Gasteiger partial charge in [0, 0.05) is 5.69 Å². The number of methoxy groups -OCH3 is 1. The normalized spacial score (nSPS) is 10.0. The molecule has 0 bridgehead atoms. The maximum absolute atomic E-state index is 11.6. The number of ether oxygens (including phenoxy) is 1. The molecule has 0 spiro atoms. The Hall–Kier alpha value is -2.74. The van der Waals surface area contributed by atoms with Gasteiger partial charge in [0.15, 0.2) is 0 Å². The maximum Gasteiger partial charge on any atom is 0.364 e. The molecule has 0 amide bonds. The molecular formula is C12H9ClN4O4. The van der Waals surface area contributed by atoms with Crippen LogP contribution in [0.3, 0.4) is 0 Å². The summed E-state index contributed by atoms with van der Waals surface area (Å²) in [4.78, 5) is 29.3. The zero-order chi connectivity index (χ0) is 15.4. The van der Waals surface area contributed by atoms with E-state index < -0.39 is 22.3 Å². The summed E-state index contributed by atoms with van der Waals surface area (Å²) in [7, 11) is 1.09. The van der Waals surface area contributed by atoms with Gasteiger partial charge >= 0.3 is 11.7 Å². The minimum atomic E-state index is -0.970. The van der Waals surface area contributed by atoms with Crippen LogP contribution in [0.15, 0.2) is 30.3 Å². The van der Waals surface area contributed by atoms with Crippen molar-refractivity contribution in [3.05, 3.63) is 51.4 Å². The van der Waals surface area contributed by atoms with Gasteiger partial charge in [0.05, 0.1) is 12.0 Å². The number of carbonyl (C=O) groups excluding carboxylic acids is 1. The Labute approximate surface area is 123 Å². The highest BCUT2D eigenvalue weighted by Gasteiger charge is 2.30. The van der Waals surface area contributed by atoms with Crippen molar-refractivity contribution >= 4 is 34.8 Å². The Kier molecular flexibility index (Phi) is 4.29. The first-order valence-electron chi connectivity index (χ1n) is 5.65. The van der Waals surface area contributed by atoms with Gasteiger partial charge in [0.25, 0.3) is 0 Å². The van der Waals surface area contributed by atoms with Gasteiger partial charge in [0.2, 0.25) is 16.8 Å². The number of hydrogen-bond acceptors (Lipinski definition) is 7. The predicted octanol–water partition coefficient (Wildman–Crippen LogP) is 2.57. The van der Waals surface area contributed by atoms with Crippen LogP contribution >= 0.6 is 11.6 Å². The largest absolute Gasteiger partial charge is 0.464 e. The molecule has 0 saturated carbocycles. The molecule has 21 heavy (non-hydrogen) atoms. The number of para-hydroxylation sites is 1. The van der Waals surface area contributed by atoms with Gasteiger partial charge in [-0.3, -0.25) is 10.1 Å². The van der Waals surface area contributed by atoms with Crippen molar-refractivity contribution in [1.82, 2.24) is 9.97 Å². The molecule has 0 saturated heterocycles. The lowest BCUT2D eigenvalue weighted by atomic mass is 10.3. The number of carbonyl (C=O) groups is 1. The van der Waals surface area contributed by atoms with Crippen LogP contribution in [0.5, 0.6) is 0 Å². The van der Waals surface area contributed by atoms with Crippen molar-refractivity contribution in [1.29, 1.82) is 0 Å². The van der Waals surface area contributed by atoms with E-state index in [1.54, 1.807) is 30.3 Å². The summed E-state index contributed by atoms with van der Waals surface area (Å²) >= 11 is 5.70. The van der Waals surface area contributed by atoms with Crippen LogP contribution in [0.25, 0.3) is 0 Å². The van der Waals surface area contributed by atoms with Gasteiger partial charge < -0.3 is 10.1 Å². The number of esters is 1. The number of anilines is 2. The predicted molar refractivity (Wildman–Crippen MR) is 74.8 cm³/mol. The molecule has 1 aromatic heterocycles. The third kappa shape index (κ3) is 3.23. The fourth-order valence-electron chi connectivity index (χ4n) is 1.58. The quantitative estimate of drug-likeness (QED) is 0.400. The molecule has 1 aromatic carbocycles. The van der Waals surface area contributed by atoms with Gasteiger partial charge in [-0.15, -0.1) is 0 Å². The van der Waals surface area contributed by atoms with Crippen LogP contribution in [0, 0.1) is 10.1 Å². The molecule has 2 aromatic rings. The monoisotopic (exact) mass is 308 g/mol. The van der Waals surface area contributed by atoms with E-state index in [0.29, 0.717) is 5.69 Å². The van der Waals surface area contributed by atoms with Crippen molar-refractivity contribution in [2.24, 2.45) is 0 Å². The molecule has 8 nitrogen and oxygen atoms in total. The molecule has 1 N–H and O–H groups in total. The van der Waals surface area contributed by atoms with Gasteiger partial charge in [0.1, 0.15) is 0 Å². The molecule has 0 aliphatic rings. The number of benzene rings is 1. The van der Waals surface area contributed by atoms with Gasteiger partial charge in [-0.2, -0.15) is 4.98 Å². The van der Waals surface area contributed by atoms with Crippen molar-refractivity contribution in [3.63, 3.8) is 0 Å². The van der Waals surface area contributed by atoms with E-state index >= 15 is 0 Å². The van der Waals surface area contributed by atoms with Gasteiger partial charge in [-0.25, -0.2) is 9.78 Å². The lowest BCUT2D eigenvalue weighted by Gasteiger charge is -2.08. The first kappa shape index (κ1) is 14.7. The molecule has 0 unspecified atom stereocenters. The number of nitrogens with zero attached hydrogens (tertiary/aromatic N) is 3. The van der Waals surface area contributed by atoms with Gasteiger partial charge in [-0.05, 0) is 23.7 Å². The Morgan fingerprint density at radius 2 is 2.00 bits per heavy atom. The van der Waals surface area contributed by atoms with E-state index in [0.717, 1.165) is 7.11 Å². The molecule has 0 aliphatic carbocycles. The highest BCUT2D eigenvalue weighted by atomic mass is 35.5. The first-order valence-corrected chi connectivity index (χ1v) is 6.03. The zero-order valence-corrected chi connectivity index (χ0v) is 11.5. The Morgan fingerprint density at radius 1 is 1.33 bits per heavy atom. The molecule has 0 fully saturated rings. The number of nitrogens with one attached hydrogen (secondary N) is 1. The van der Waals surface area contributed by atoms with Crippen LogP contribution in [-0.2, 0) is 4.74 Å². The number of hydrogen-bond donors (Lipinski definition) is 1. The third-order valence-electron chi connectivity index (χ3n) is 2.45. The minimum Gasteiger partial charge on any atom is -0.464 e. The fraction of sp³-hybridized carbons (Fsp3) is 0.0833. The lowest BCUT2D eigenvalue weighted by molar-refractivity contribution is -0.384. The van der Waals surface area contributed by atoms with E-state index in [1.807, 2.05) is 0 Å². The molecule has 108 valence electrons. The minimum absolute atomic E-state index is 0.188. The molecular weight excluding hydrogens is 300 g/mol. The molecule has 0 aliphatic heterocycles. The van der Waals surface area contributed by atoms with E-state index in [1.165, 1.54) is 0 Å². The summed E-state index contributed by atoms with van der Waals surface area (Å²) in [5, 5.41) is 13.6. The van der Waals surface area contributed by atoms with Crippen molar-refractivity contribution in [2.75, 3.05) is 12.4 Å². The second-order valence-corrected chi connectivity index (χ2v) is 4.12. The third-order valence-corrected chi connectivity index (χ3v) is 2.62. The van der Waals surface area contributed by atoms with Crippen molar-refractivity contribution in [2.45, 2.75) is 0 Å². The number of rotatable bonds is 4. The SMILES string of the molecule is COC(=O)c1nc(Cl)nc(Nc2ccccc2)c1[N+](=O)[O-]. The smallest absolute Gasteiger partial charge is 0.364 e. The summed E-state index contributed by atoms with van der Waals surface area (Å²) in [5.41, 5.74) is -0.567. The lowest BCUT2D eigenvalue weighted by Crippen LogP contribution is -2.12.